The summed E-state index contributed by atoms with van der Waals surface area (Å²) in [4.78, 5) is 3.78. The molecule has 1 aromatic heterocycles. The number of nitrogens with one attached hydrogen (secondary N) is 1. The first-order valence-electron chi connectivity index (χ1n) is 5.45. The number of nitrogens with zero attached hydrogens (tertiary/aromatic N) is 2. The largest absolute Gasteiger partial charge is 0.385 e. The summed E-state index contributed by atoms with van der Waals surface area (Å²) >= 11 is 0. The lowest BCUT2D eigenvalue weighted by Crippen LogP contribution is -2.25. The van der Waals surface area contributed by atoms with Crippen molar-refractivity contribution in [1.82, 2.24) is 9.71 Å². The van der Waals surface area contributed by atoms with E-state index in [0.29, 0.717) is 19.6 Å². The predicted molar refractivity (Wildman–Crippen MR) is 65.3 cm³/mol. The first kappa shape index (κ1) is 14.6. The van der Waals surface area contributed by atoms with E-state index in [0.717, 1.165) is 6.42 Å². The predicted octanol–water partition coefficient (Wildman–Crippen LogP) is 0.658. The first-order valence-corrected chi connectivity index (χ1v) is 6.93. The number of hydrogen-bond acceptors (Lipinski definition) is 5. The van der Waals surface area contributed by atoms with Crippen molar-refractivity contribution < 1.29 is 13.2 Å². The van der Waals surface area contributed by atoms with Crippen LogP contribution in [-0.2, 0) is 14.8 Å². The van der Waals surface area contributed by atoms with Gasteiger partial charge in [-0.2, -0.15) is 5.26 Å². The van der Waals surface area contributed by atoms with E-state index in [-0.39, 0.29) is 10.6 Å². The topological polar surface area (TPSA) is 92.1 Å². The van der Waals surface area contributed by atoms with Crippen LogP contribution in [0.3, 0.4) is 0 Å². The minimum absolute atomic E-state index is 0.0632. The highest BCUT2D eigenvalue weighted by atomic mass is 32.2. The number of pyridine rings is 1. The first-order chi connectivity index (χ1) is 8.60. The van der Waals surface area contributed by atoms with Gasteiger partial charge in [-0.25, -0.2) is 18.1 Å². The van der Waals surface area contributed by atoms with Crippen LogP contribution in [0, 0.1) is 11.3 Å². The second kappa shape index (κ2) is 7.06. The van der Waals surface area contributed by atoms with Crippen molar-refractivity contribution in [3.8, 4) is 6.07 Å². The summed E-state index contributed by atoms with van der Waals surface area (Å²) in [6.07, 6.45) is 2.68. The van der Waals surface area contributed by atoms with Crippen LogP contribution >= 0.6 is 0 Å². The quantitative estimate of drug-likeness (QED) is 0.734. The normalized spacial score (nSPS) is 11.1. The Morgan fingerprint density at radius 3 is 2.78 bits per heavy atom. The van der Waals surface area contributed by atoms with Crippen molar-refractivity contribution in [2.75, 3.05) is 20.3 Å². The van der Waals surface area contributed by atoms with Crippen molar-refractivity contribution in [2.45, 2.75) is 17.7 Å². The Bertz CT molecular complexity index is 505. The number of methoxy groups -OCH3 is 1. The number of sulfonamides is 1. The van der Waals surface area contributed by atoms with E-state index in [2.05, 4.69) is 9.71 Å². The van der Waals surface area contributed by atoms with Gasteiger partial charge >= 0.3 is 0 Å². The number of ether oxygens (including phenoxy) is 1. The summed E-state index contributed by atoms with van der Waals surface area (Å²) in [7, 11) is -1.93. The number of unbranched alkanes of at least 4 members (excludes halogenated alkanes) is 1. The third kappa shape index (κ3) is 4.41. The van der Waals surface area contributed by atoms with E-state index < -0.39 is 10.0 Å². The van der Waals surface area contributed by atoms with Gasteiger partial charge in [-0.15, -0.1) is 0 Å². The van der Waals surface area contributed by atoms with Gasteiger partial charge in [0.1, 0.15) is 16.7 Å². The maximum absolute atomic E-state index is 11.8. The van der Waals surface area contributed by atoms with E-state index in [1.807, 2.05) is 6.07 Å². The molecule has 0 bridgehead atoms. The molecule has 0 aliphatic rings. The van der Waals surface area contributed by atoms with Gasteiger partial charge in [-0.1, -0.05) is 0 Å². The number of hydrogen-bond donors (Lipinski definition) is 1. The van der Waals surface area contributed by atoms with Crippen LogP contribution in [0.25, 0.3) is 0 Å². The van der Waals surface area contributed by atoms with Crippen LogP contribution < -0.4 is 4.72 Å². The van der Waals surface area contributed by atoms with Crippen molar-refractivity contribution in [3.63, 3.8) is 0 Å². The monoisotopic (exact) mass is 269 g/mol. The van der Waals surface area contributed by atoms with Gasteiger partial charge < -0.3 is 4.74 Å². The molecule has 1 rings (SSSR count). The maximum atomic E-state index is 11.8. The smallest absolute Gasteiger partial charge is 0.242 e. The Hall–Kier alpha value is -1.49. The van der Waals surface area contributed by atoms with Crippen LogP contribution in [-0.4, -0.2) is 33.7 Å². The highest BCUT2D eigenvalue weighted by Gasteiger charge is 2.13. The van der Waals surface area contributed by atoms with E-state index in [4.69, 9.17) is 10.00 Å². The summed E-state index contributed by atoms with van der Waals surface area (Å²) in [5.74, 6) is 0. The third-order valence-corrected chi connectivity index (χ3v) is 3.67. The van der Waals surface area contributed by atoms with Crippen LogP contribution in [0.1, 0.15) is 18.5 Å². The highest BCUT2D eigenvalue weighted by Crippen LogP contribution is 2.07. The lowest BCUT2D eigenvalue weighted by Gasteiger charge is -2.06. The summed E-state index contributed by atoms with van der Waals surface area (Å²) < 4.78 is 30.9. The summed E-state index contributed by atoms with van der Waals surface area (Å²) in [6, 6.07) is 4.57. The Kier molecular flexibility index (Phi) is 5.71. The van der Waals surface area contributed by atoms with Gasteiger partial charge in [0.2, 0.25) is 10.0 Å². The summed E-state index contributed by atoms with van der Waals surface area (Å²) in [5, 5.41) is 8.57. The molecule has 0 spiro atoms. The van der Waals surface area contributed by atoms with Crippen molar-refractivity contribution in [1.29, 1.82) is 5.26 Å². The van der Waals surface area contributed by atoms with Gasteiger partial charge in [0.15, 0.2) is 0 Å². The molecule has 98 valence electrons. The third-order valence-electron chi connectivity index (χ3n) is 2.23. The molecule has 0 aliphatic carbocycles. The number of aromatic nitrogens is 1. The van der Waals surface area contributed by atoms with Crippen LogP contribution in [0.5, 0.6) is 0 Å². The molecule has 7 heteroatoms. The molecule has 0 unspecified atom stereocenters. The minimum Gasteiger partial charge on any atom is -0.385 e. The SMILES string of the molecule is COCCCCNS(=O)(=O)c1ccc(C#N)nc1. The zero-order chi connectivity index (χ0) is 13.4. The standard InChI is InChI=1S/C11H15N3O3S/c1-17-7-3-2-6-14-18(15,16)11-5-4-10(8-12)13-9-11/h4-5,9,14H,2-3,6-7H2,1H3. The average Bonchev–Trinajstić information content (AvgIpc) is 2.38. The zero-order valence-electron chi connectivity index (χ0n) is 10.1. The van der Waals surface area contributed by atoms with Crippen LogP contribution in [0.15, 0.2) is 23.2 Å². The number of rotatable bonds is 7. The minimum atomic E-state index is -3.54. The molecule has 0 saturated heterocycles. The van der Waals surface area contributed by atoms with Crippen molar-refractivity contribution in [3.05, 3.63) is 24.0 Å². The fraction of sp³-hybridized carbons (Fsp3) is 0.455. The van der Waals surface area contributed by atoms with E-state index in [9.17, 15) is 8.42 Å². The molecule has 0 aromatic carbocycles. The second-order valence-corrected chi connectivity index (χ2v) is 5.36. The molecule has 1 heterocycles. The Morgan fingerprint density at radius 1 is 1.44 bits per heavy atom. The van der Waals surface area contributed by atoms with Crippen molar-refractivity contribution >= 4 is 10.0 Å². The molecule has 0 radical (unpaired) electrons. The fourth-order valence-corrected chi connectivity index (χ4v) is 2.29. The van der Waals surface area contributed by atoms with Gasteiger partial charge in [0, 0.05) is 26.5 Å². The van der Waals surface area contributed by atoms with Crippen LogP contribution in [0.2, 0.25) is 0 Å². The summed E-state index contributed by atoms with van der Waals surface area (Å²) in [5.41, 5.74) is 0.189. The molecule has 0 aliphatic heterocycles. The lowest BCUT2D eigenvalue weighted by atomic mass is 10.3. The second-order valence-electron chi connectivity index (χ2n) is 3.59. The van der Waals surface area contributed by atoms with Crippen LogP contribution in [0.4, 0.5) is 0 Å². The maximum Gasteiger partial charge on any atom is 0.242 e. The Balaban J connectivity index is 2.55. The molecule has 18 heavy (non-hydrogen) atoms. The molecule has 6 nitrogen and oxygen atoms in total. The van der Waals surface area contributed by atoms with Gasteiger partial charge in [-0.3, -0.25) is 0 Å². The molecule has 0 amide bonds. The molecular weight excluding hydrogens is 254 g/mol. The Labute approximate surface area is 107 Å². The highest BCUT2D eigenvalue weighted by molar-refractivity contribution is 7.89. The van der Waals surface area contributed by atoms with Gasteiger partial charge in [0.05, 0.1) is 0 Å². The van der Waals surface area contributed by atoms with Gasteiger partial charge in [-0.05, 0) is 25.0 Å². The molecule has 0 saturated carbocycles. The average molecular weight is 269 g/mol. The van der Waals surface area contributed by atoms with E-state index in [1.54, 1.807) is 7.11 Å². The summed E-state index contributed by atoms with van der Waals surface area (Å²) in [6.45, 7) is 0.964. The fourth-order valence-electron chi connectivity index (χ4n) is 1.27. The van der Waals surface area contributed by atoms with E-state index in [1.165, 1.54) is 18.3 Å². The number of nitriles is 1. The molecule has 1 aromatic rings. The zero-order valence-corrected chi connectivity index (χ0v) is 10.9. The van der Waals surface area contributed by atoms with Crippen molar-refractivity contribution in [2.24, 2.45) is 0 Å². The lowest BCUT2D eigenvalue weighted by molar-refractivity contribution is 0.193. The molecule has 0 atom stereocenters. The van der Waals surface area contributed by atoms with Gasteiger partial charge in [0.25, 0.3) is 0 Å². The molecular formula is C11H15N3O3S. The Morgan fingerprint density at radius 2 is 2.22 bits per heavy atom. The molecule has 1 N–H and O–H groups in total. The molecule has 0 fully saturated rings. The van der Waals surface area contributed by atoms with E-state index >= 15 is 0 Å².